The molecule has 0 spiro atoms. The highest BCUT2D eigenvalue weighted by Crippen LogP contribution is 2.23. The van der Waals surface area contributed by atoms with Crippen LogP contribution in [-0.2, 0) is 14.6 Å². The molecule has 2 atom stereocenters. The van der Waals surface area contributed by atoms with Gasteiger partial charge in [-0.2, -0.15) is 0 Å². The average Bonchev–Trinajstić information content (AvgIpc) is 2.60. The van der Waals surface area contributed by atoms with Crippen LogP contribution in [0.5, 0.6) is 0 Å². The number of aliphatic hydroxyl groups excluding tert-OH is 1. The maximum atomic E-state index is 13.1. The van der Waals surface area contributed by atoms with E-state index in [0.717, 1.165) is 24.8 Å². The first-order valence-corrected chi connectivity index (χ1v) is 11.2. The van der Waals surface area contributed by atoms with Gasteiger partial charge in [-0.05, 0) is 31.4 Å². The van der Waals surface area contributed by atoms with Gasteiger partial charge in [0.05, 0.1) is 11.0 Å². The SMILES string of the molecule is CCCCC[C@@H](O)[C@H](/C=C/C(=O)NCC(C)C)S(=O)(=O)c1ccc(C)cc1. The van der Waals surface area contributed by atoms with Crippen molar-refractivity contribution >= 4 is 15.7 Å². The summed E-state index contributed by atoms with van der Waals surface area (Å²) in [6.07, 6.45) is 4.51. The molecule has 0 aromatic heterocycles. The number of carbonyl (C=O) groups is 1. The first-order valence-electron chi connectivity index (χ1n) is 9.63. The van der Waals surface area contributed by atoms with Gasteiger partial charge < -0.3 is 10.4 Å². The van der Waals surface area contributed by atoms with Crippen molar-refractivity contribution in [3.8, 4) is 0 Å². The third kappa shape index (κ3) is 7.85. The molecule has 152 valence electrons. The molecule has 27 heavy (non-hydrogen) atoms. The zero-order chi connectivity index (χ0) is 20.4. The fourth-order valence-corrected chi connectivity index (χ4v) is 4.30. The monoisotopic (exact) mass is 395 g/mol. The Kier molecular flexibility index (Phi) is 9.74. The minimum Gasteiger partial charge on any atom is -0.391 e. The number of benzene rings is 1. The van der Waals surface area contributed by atoms with E-state index in [2.05, 4.69) is 5.32 Å². The summed E-state index contributed by atoms with van der Waals surface area (Å²) in [4.78, 5) is 12.1. The maximum absolute atomic E-state index is 13.1. The summed E-state index contributed by atoms with van der Waals surface area (Å²) in [7, 11) is -3.80. The standard InChI is InChI=1S/C21H33NO4S/c1-5-6-7-8-19(23)20(13-14-21(24)22-15-16(2)3)27(25,26)18-11-9-17(4)10-12-18/h9-14,16,19-20,23H,5-8,15H2,1-4H3,(H,22,24)/b14-13+/t19-,20+/m1/s1. The summed E-state index contributed by atoms with van der Waals surface area (Å²) in [6, 6.07) is 6.55. The smallest absolute Gasteiger partial charge is 0.243 e. The molecule has 5 nitrogen and oxygen atoms in total. The lowest BCUT2D eigenvalue weighted by atomic mass is 10.1. The number of nitrogens with one attached hydrogen (secondary N) is 1. The lowest BCUT2D eigenvalue weighted by Crippen LogP contribution is -2.33. The van der Waals surface area contributed by atoms with Gasteiger partial charge in [0.1, 0.15) is 5.25 Å². The van der Waals surface area contributed by atoms with Gasteiger partial charge >= 0.3 is 0 Å². The van der Waals surface area contributed by atoms with Gasteiger partial charge in [-0.1, -0.05) is 63.8 Å². The number of carbonyl (C=O) groups excluding carboxylic acids is 1. The van der Waals surface area contributed by atoms with E-state index in [4.69, 9.17) is 0 Å². The largest absolute Gasteiger partial charge is 0.391 e. The Balaban J connectivity index is 3.05. The van der Waals surface area contributed by atoms with E-state index in [9.17, 15) is 18.3 Å². The summed E-state index contributed by atoms with van der Waals surface area (Å²) in [5.41, 5.74) is 0.956. The third-order valence-corrected chi connectivity index (χ3v) is 6.43. The molecule has 1 amide bonds. The molecule has 0 saturated carbocycles. The normalized spacial score (nSPS) is 14.4. The van der Waals surface area contributed by atoms with Gasteiger partial charge in [-0.15, -0.1) is 0 Å². The molecule has 0 aliphatic heterocycles. The van der Waals surface area contributed by atoms with Crippen LogP contribution in [0.1, 0.15) is 52.0 Å². The molecule has 0 aliphatic rings. The molecule has 6 heteroatoms. The van der Waals surface area contributed by atoms with Crippen molar-refractivity contribution in [1.29, 1.82) is 0 Å². The molecular weight excluding hydrogens is 362 g/mol. The quantitative estimate of drug-likeness (QED) is 0.444. The number of rotatable bonds is 11. The Labute approximate surface area is 163 Å². The highest BCUT2D eigenvalue weighted by Gasteiger charge is 2.31. The van der Waals surface area contributed by atoms with Gasteiger partial charge in [-0.25, -0.2) is 8.42 Å². The van der Waals surface area contributed by atoms with Crippen molar-refractivity contribution in [2.75, 3.05) is 6.54 Å². The molecule has 1 aromatic rings. The number of hydrogen-bond donors (Lipinski definition) is 2. The van der Waals surface area contributed by atoms with Crippen LogP contribution >= 0.6 is 0 Å². The predicted octanol–water partition coefficient (Wildman–Crippen LogP) is 3.41. The van der Waals surface area contributed by atoms with E-state index in [-0.39, 0.29) is 10.8 Å². The molecule has 0 bridgehead atoms. The molecule has 0 radical (unpaired) electrons. The number of aliphatic hydroxyl groups is 1. The van der Waals surface area contributed by atoms with Crippen molar-refractivity contribution in [3.63, 3.8) is 0 Å². The van der Waals surface area contributed by atoms with E-state index in [1.165, 1.54) is 12.2 Å². The van der Waals surface area contributed by atoms with E-state index < -0.39 is 21.2 Å². The van der Waals surface area contributed by atoms with Crippen LogP contribution in [0, 0.1) is 12.8 Å². The highest BCUT2D eigenvalue weighted by atomic mass is 32.2. The minimum atomic E-state index is -3.80. The van der Waals surface area contributed by atoms with Gasteiger partial charge in [0.25, 0.3) is 0 Å². The number of unbranched alkanes of at least 4 members (excludes halogenated alkanes) is 2. The van der Waals surface area contributed by atoms with E-state index in [1.807, 2.05) is 27.7 Å². The summed E-state index contributed by atoms with van der Waals surface area (Å²) in [5, 5.41) is 12.1. The molecule has 1 rings (SSSR count). The number of amides is 1. The Morgan fingerprint density at radius 1 is 1.19 bits per heavy atom. The van der Waals surface area contributed by atoms with E-state index in [0.29, 0.717) is 18.9 Å². The Hall–Kier alpha value is -1.66. The summed E-state index contributed by atoms with van der Waals surface area (Å²) >= 11 is 0. The van der Waals surface area contributed by atoms with Crippen molar-refractivity contribution in [1.82, 2.24) is 5.32 Å². The molecule has 0 unspecified atom stereocenters. The van der Waals surface area contributed by atoms with Crippen molar-refractivity contribution in [3.05, 3.63) is 42.0 Å². The van der Waals surface area contributed by atoms with Crippen LogP contribution in [0.25, 0.3) is 0 Å². The molecule has 0 heterocycles. The molecule has 0 fully saturated rings. The lowest BCUT2D eigenvalue weighted by Gasteiger charge is -2.20. The first kappa shape index (κ1) is 23.4. The average molecular weight is 396 g/mol. The van der Waals surface area contributed by atoms with Gasteiger partial charge in [0.15, 0.2) is 9.84 Å². The fraction of sp³-hybridized carbons (Fsp3) is 0.571. The number of hydrogen-bond acceptors (Lipinski definition) is 4. The molecule has 0 saturated heterocycles. The Morgan fingerprint density at radius 2 is 1.81 bits per heavy atom. The second-order valence-electron chi connectivity index (χ2n) is 7.38. The summed E-state index contributed by atoms with van der Waals surface area (Å²) in [6.45, 7) is 8.40. The van der Waals surface area contributed by atoms with Crippen molar-refractivity contribution in [2.45, 2.75) is 69.6 Å². The van der Waals surface area contributed by atoms with Crippen molar-refractivity contribution < 1.29 is 18.3 Å². The second-order valence-corrected chi connectivity index (χ2v) is 9.49. The minimum absolute atomic E-state index is 0.153. The molecular formula is C21H33NO4S. The second kappa shape index (κ2) is 11.2. The molecule has 2 N–H and O–H groups in total. The zero-order valence-electron chi connectivity index (χ0n) is 16.8. The van der Waals surface area contributed by atoms with Crippen LogP contribution in [0.15, 0.2) is 41.3 Å². The highest BCUT2D eigenvalue weighted by molar-refractivity contribution is 7.92. The maximum Gasteiger partial charge on any atom is 0.243 e. The Bertz CT molecular complexity index is 708. The number of aryl methyl sites for hydroxylation is 1. The van der Waals surface area contributed by atoms with Crippen LogP contribution in [0.2, 0.25) is 0 Å². The zero-order valence-corrected chi connectivity index (χ0v) is 17.6. The Morgan fingerprint density at radius 3 is 2.37 bits per heavy atom. The van der Waals surface area contributed by atoms with Gasteiger partial charge in [-0.3, -0.25) is 4.79 Å². The summed E-state index contributed by atoms with van der Waals surface area (Å²) in [5.74, 6) is -0.0531. The van der Waals surface area contributed by atoms with E-state index >= 15 is 0 Å². The molecule has 1 aromatic carbocycles. The first-order chi connectivity index (χ1) is 12.7. The summed E-state index contributed by atoms with van der Waals surface area (Å²) < 4.78 is 26.1. The van der Waals surface area contributed by atoms with Crippen LogP contribution in [0.4, 0.5) is 0 Å². The number of sulfone groups is 1. The fourth-order valence-electron chi connectivity index (χ4n) is 2.64. The predicted molar refractivity (Wildman–Crippen MR) is 109 cm³/mol. The van der Waals surface area contributed by atoms with Crippen LogP contribution in [0.3, 0.4) is 0 Å². The van der Waals surface area contributed by atoms with Crippen LogP contribution < -0.4 is 5.32 Å². The van der Waals surface area contributed by atoms with E-state index in [1.54, 1.807) is 24.3 Å². The van der Waals surface area contributed by atoms with Crippen LogP contribution in [-0.4, -0.2) is 37.3 Å². The van der Waals surface area contributed by atoms with Gasteiger partial charge in [0, 0.05) is 12.6 Å². The molecule has 0 aliphatic carbocycles. The third-order valence-electron chi connectivity index (χ3n) is 4.31. The topological polar surface area (TPSA) is 83.5 Å². The lowest BCUT2D eigenvalue weighted by molar-refractivity contribution is -0.116. The van der Waals surface area contributed by atoms with Gasteiger partial charge in [0.2, 0.25) is 5.91 Å². The van der Waals surface area contributed by atoms with Crippen molar-refractivity contribution in [2.24, 2.45) is 5.92 Å².